The third-order valence-corrected chi connectivity index (χ3v) is 9.77. The minimum absolute atomic E-state index is 0.353. The van der Waals surface area contributed by atoms with E-state index >= 15 is 8.78 Å². The first-order chi connectivity index (χ1) is 20.2. The van der Waals surface area contributed by atoms with Crippen molar-refractivity contribution < 1.29 is 21.9 Å². The summed E-state index contributed by atoms with van der Waals surface area (Å²) >= 11 is 0. The SMILES string of the molecule is [2H]C([2H])([2H])c1c[n+](C)c(-c2c(C)ccc3c2oc2c(-c4ccc(-c5ccc([Si](C)(C)C)cc5)cc4)c(F)ccc23)cc1F. The van der Waals surface area contributed by atoms with Gasteiger partial charge in [-0.15, -0.1) is 0 Å². The summed E-state index contributed by atoms with van der Waals surface area (Å²) in [7, 11) is 0.280. The molecule has 0 fully saturated rings. The third kappa shape index (κ3) is 4.35. The predicted molar refractivity (Wildman–Crippen MR) is 164 cm³/mol. The van der Waals surface area contributed by atoms with Crippen LogP contribution in [0.25, 0.3) is 55.4 Å². The van der Waals surface area contributed by atoms with Crippen LogP contribution < -0.4 is 9.75 Å². The van der Waals surface area contributed by atoms with Crippen molar-refractivity contribution in [3.63, 3.8) is 0 Å². The molecule has 40 heavy (non-hydrogen) atoms. The highest BCUT2D eigenvalue weighted by molar-refractivity contribution is 6.88. The van der Waals surface area contributed by atoms with Crippen molar-refractivity contribution in [2.45, 2.75) is 33.4 Å². The summed E-state index contributed by atoms with van der Waals surface area (Å²) in [6.45, 7) is 6.27. The molecule has 0 radical (unpaired) electrons. The van der Waals surface area contributed by atoms with E-state index in [-0.39, 0.29) is 5.56 Å². The largest absolute Gasteiger partial charge is 0.454 e. The van der Waals surface area contributed by atoms with Crippen LogP contribution in [0.4, 0.5) is 8.78 Å². The second-order valence-corrected chi connectivity index (χ2v) is 16.5. The molecule has 2 nitrogen and oxygen atoms in total. The van der Waals surface area contributed by atoms with Gasteiger partial charge in [-0.2, -0.15) is 0 Å². The Labute approximate surface area is 238 Å². The van der Waals surface area contributed by atoms with Crippen molar-refractivity contribution in [2.75, 3.05) is 0 Å². The third-order valence-electron chi connectivity index (χ3n) is 7.70. The molecule has 0 aliphatic heterocycles. The Morgan fingerprint density at radius 2 is 1.27 bits per heavy atom. The van der Waals surface area contributed by atoms with Crippen molar-refractivity contribution in [1.29, 1.82) is 0 Å². The molecular formula is C35H32F2NOSi+. The van der Waals surface area contributed by atoms with Crippen LogP contribution in [0.3, 0.4) is 0 Å². The first kappa shape index (κ1) is 22.7. The summed E-state index contributed by atoms with van der Waals surface area (Å²) in [5.41, 5.74) is 5.59. The minimum atomic E-state index is -2.58. The highest BCUT2D eigenvalue weighted by atomic mass is 28.3. The lowest BCUT2D eigenvalue weighted by molar-refractivity contribution is -0.661. The first-order valence-corrected chi connectivity index (χ1v) is 16.8. The number of hydrogen-bond donors (Lipinski definition) is 0. The molecule has 6 rings (SSSR count). The van der Waals surface area contributed by atoms with E-state index in [2.05, 4.69) is 43.9 Å². The van der Waals surface area contributed by atoms with E-state index in [1.165, 1.54) is 23.5 Å². The fourth-order valence-corrected chi connectivity index (χ4v) is 6.60. The number of fused-ring (bicyclic) bond motifs is 3. The zero-order valence-electron chi connectivity index (χ0n) is 26.2. The van der Waals surface area contributed by atoms with Crippen LogP contribution in [0.1, 0.15) is 15.2 Å². The highest BCUT2D eigenvalue weighted by Crippen LogP contribution is 2.42. The standard InChI is InChI=1S/C35H32F2NOSi/c1-21-7-16-27-28-17-18-29(36)33(35(28)39-34(27)32(21)31-19-30(37)22(2)20-38(31)3)25-10-8-23(9-11-25)24-12-14-26(15-13-24)40(4,5)6/h7-20H,1-6H3/q+1/i2D3. The van der Waals surface area contributed by atoms with Gasteiger partial charge in [0.2, 0.25) is 5.69 Å². The Kier molecular flexibility index (Phi) is 5.40. The lowest BCUT2D eigenvalue weighted by Crippen LogP contribution is -2.37. The fraction of sp³-hybridized carbons (Fsp3) is 0.171. The number of halogens is 2. The zero-order chi connectivity index (χ0) is 30.8. The molecule has 0 amide bonds. The lowest BCUT2D eigenvalue weighted by atomic mass is 9.97. The van der Waals surface area contributed by atoms with Gasteiger partial charge in [0, 0.05) is 26.5 Å². The molecule has 4 aromatic carbocycles. The molecule has 0 saturated heterocycles. The van der Waals surface area contributed by atoms with E-state index in [4.69, 9.17) is 8.53 Å². The summed E-state index contributed by atoms with van der Waals surface area (Å²) in [5.74, 6) is -1.22. The molecule has 0 atom stereocenters. The van der Waals surface area contributed by atoms with Gasteiger partial charge in [0.05, 0.1) is 19.2 Å². The van der Waals surface area contributed by atoms with Crippen molar-refractivity contribution in [2.24, 2.45) is 7.05 Å². The second kappa shape index (κ2) is 9.53. The number of benzene rings is 4. The first-order valence-electron chi connectivity index (χ1n) is 14.8. The number of aryl methyl sites for hydroxylation is 3. The summed E-state index contributed by atoms with van der Waals surface area (Å²) in [6.07, 6.45) is 1.30. The van der Waals surface area contributed by atoms with Crippen LogP contribution in [0.5, 0.6) is 0 Å². The molecular weight excluding hydrogens is 516 g/mol. The number of rotatable bonds is 4. The van der Waals surface area contributed by atoms with Gasteiger partial charge in [0.15, 0.2) is 6.20 Å². The van der Waals surface area contributed by atoms with Gasteiger partial charge in [0.25, 0.3) is 0 Å². The van der Waals surface area contributed by atoms with Gasteiger partial charge in [-0.3, -0.25) is 0 Å². The van der Waals surface area contributed by atoms with E-state index < -0.39 is 26.6 Å². The number of aromatic nitrogens is 1. The number of hydrogen-bond acceptors (Lipinski definition) is 1. The van der Waals surface area contributed by atoms with Crippen LogP contribution >= 0.6 is 0 Å². The average molecular weight is 552 g/mol. The highest BCUT2D eigenvalue weighted by Gasteiger charge is 2.24. The van der Waals surface area contributed by atoms with Crippen LogP contribution in [0, 0.1) is 25.4 Å². The summed E-state index contributed by atoms with van der Waals surface area (Å²) in [4.78, 5) is 0. The van der Waals surface area contributed by atoms with E-state index in [0.717, 1.165) is 27.5 Å². The van der Waals surface area contributed by atoms with Crippen LogP contribution in [-0.2, 0) is 7.05 Å². The molecule has 0 spiro atoms. The number of nitrogens with zero attached hydrogens (tertiary/aromatic N) is 1. The molecule has 0 aliphatic carbocycles. The molecule has 6 aromatic rings. The van der Waals surface area contributed by atoms with Gasteiger partial charge < -0.3 is 4.42 Å². The van der Waals surface area contributed by atoms with Crippen molar-refractivity contribution in [3.05, 3.63) is 108 Å². The second-order valence-electron chi connectivity index (χ2n) is 11.5. The van der Waals surface area contributed by atoms with Crippen LogP contribution in [0.2, 0.25) is 19.6 Å². The number of pyridine rings is 1. The van der Waals surface area contributed by atoms with Gasteiger partial charge >= 0.3 is 0 Å². The van der Waals surface area contributed by atoms with E-state index in [0.29, 0.717) is 33.6 Å². The molecule has 0 N–H and O–H groups in total. The smallest absolute Gasteiger partial charge is 0.219 e. The molecule has 0 saturated carbocycles. The topological polar surface area (TPSA) is 17.0 Å². The van der Waals surface area contributed by atoms with E-state index in [9.17, 15) is 0 Å². The maximum Gasteiger partial charge on any atom is 0.219 e. The minimum Gasteiger partial charge on any atom is -0.454 e. The summed E-state index contributed by atoms with van der Waals surface area (Å²) in [6, 6.07) is 24.7. The molecule has 0 bridgehead atoms. The molecule has 0 aliphatic rings. The van der Waals surface area contributed by atoms with E-state index in [1.54, 1.807) is 17.7 Å². The Hall–Kier alpha value is -4.09. The Morgan fingerprint density at radius 1 is 0.700 bits per heavy atom. The molecule has 5 heteroatoms. The predicted octanol–water partition coefficient (Wildman–Crippen LogP) is 8.85. The fourth-order valence-electron chi connectivity index (χ4n) is 5.43. The molecule has 2 heterocycles. The number of furan rings is 1. The van der Waals surface area contributed by atoms with E-state index in [1.807, 2.05) is 43.3 Å². The van der Waals surface area contributed by atoms with Crippen LogP contribution in [0.15, 0.2) is 89.5 Å². The lowest BCUT2D eigenvalue weighted by Gasteiger charge is -2.16. The van der Waals surface area contributed by atoms with Crippen molar-refractivity contribution in [1.82, 2.24) is 0 Å². The maximum atomic E-state index is 15.5. The Balaban J connectivity index is 1.49. The zero-order valence-corrected chi connectivity index (χ0v) is 24.2. The van der Waals surface area contributed by atoms with Crippen LogP contribution in [-0.4, -0.2) is 8.07 Å². The normalized spacial score (nSPS) is 13.4. The monoisotopic (exact) mass is 551 g/mol. The average Bonchev–Trinajstić information content (AvgIpc) is 3.31. The van der Waals surface area contributed by atoms with Crippen molar-refractivity contribution >= 4 is 35.2 Å². The van der Waals surface area contributed by atoms with Gasteiger partial charge in [0.1, 0.15) is 29.8 Å². The molecule has 2 aromatic heterocycles. The Bertz CT molecular complexity index is 2020. The maximum absolute atomic E-state index is 15.5. The summed E-state index contributed by atoms with van der Waals surface area (Å²) < 4.78 is 61.7. The summed E-state index contributed by atoms with van der Waals surface area (Å²) in [5, 5.41) is 2.89. The van der Waals surface area contributed by atoms with Crippen molar-refractivity contribution in [3.8, 4) is 33.5 Å². The Morgan fingerprint density at radius 3 is 1.90 bits per heavy atom. The molecule has 200 valence electrons. The van der Waals surface area contributed by atoms with Gasteiger partial charge in [-0.1, -0.05) is 85.5 Å². The molecule has 0 unspecified atom stereocenters. The van der Waals surface area contributed by atoms with Gasteiger partial charge in [-0.25, -0.2) is 13.3 Å². The quantitative estimate of drug-likeness (QED) is 0.158. The van der Waals surface area contributed by atoms with Gasteiger partial charge in [-0.05, 0) is 48.2 Å².